The molecule has 4 heteroatoms. The number of rotatable bonds is 2. The molecule has 0 aliphatic heterocycles. The number of hydrogen-bond acceptors (Lipinski definition) is 3. The minimum absolute atomic E-state index is 0.00617. The van der Waals surface area contributed by atoms with Crippen molar-refractivity contribution in [3.63, 3.8) is 0 Å². The zero-order valence-corrected chi connectivity index (χ0v) is 15.8. The van der Waals surface area contributed by atoms with Crippen LogP contribution in [0.25, 0.3) is 10.8 Å². The molecule has 2 aromatic rings. The fourth-order valence-electron chi connectivity index (χ4n) is 2.53. The van der Waals surface area contributed by atoms with Gasteiger partial charge in [-0.15, -0.1) is 0 Å². The first-order valence-electron chi connectivity index (χ1n) is 7.76. The van der Waals surface area contributed by atoms with Gasteiger partial charge in [-0.1, -0.05) is 65.8 Å². The molecule has 0 atom stereocenters. The molecule has 0 saturated carbocycles. The lowest BCUT2D eigenvalue weighted by molar-refractivity contribution is 0.398. The van der Waals surface area contributed by atoms with Gasteiger partial charge in [0.15, 0.2) is 0 Å². The highest BCUT2D eigenvalue weighted by atomic mass is 32.2. The average Bonchev–Trinajstić information content (AvgIpc) is 2.43. The summed E-state index contributed by atoms with van der Waals surface area (Å²) < 4.78 is 29.5. The van der Waals surface area contributed by atoms with Crippen LogP contribution < -0.4 is 0 Å². The second kappa shape index (κ2) is 5.60. The third-order valence-corrected chi connectivity index (χ3v) is 5.45. The quantitative estimate of drug-likeness (QED) is 0.743. The predicted molar refractivity (Wildman–Crippen MR) is 95.5 cm³/mol. The highest BCUT2D eigenvalue weighted by Crippen LogP contribution is 2.34. The lowest BCUT2D eigenvalue weighted by atomic mass is 9.83. The Hall–Kier alpha value is -1.39. The van der Waals surface area contributed by atoms with Gasteiger partial charge in [-0.3, -0.25) is 4.18 Å². The van der Waals surface area contributed by atoms with Gasteiger partial charge in [0.2, 0.25) is 0 Å². The van der Waals surface area contributed by atoms with Crippen LogP contribution in [-0.4, -0.2) is 15.5 Å². The highest BCUT2D eigenvalue weighted by molar-refractivity contribution is 7.87. The third-order valence-electron chi connectivity index (χ3n) is 4.14. The molecule has 3 nitrogen and oxygen atoms in total. The molecule has 2 rings (SSSR count). The first kappa shape index (κ1) is 18.0. The van der Waals surface area contributed by atoms with Crippen molar-refractivity contribution in [2.75, 3.05) is 7.11 Å². The van der Waals surface area contributed by atoms with Crippen LogP contribution in [0.2, 0.25) is 0 Å². The van der Waals surface area contributed by atoms with Crippen LogP contribution in [-0.2, 0) is 25.1 Å². The van der Waals surface area contributed by atoms with Gasteiger partial charge in [-0.05, 0) is 33.4 Å². The van der Waals surface area contributed by atoms with Gasteiger partial charge in [0.25, 0.3) is 10.1 Å². The lowest BCUT2D eigenvalue weighted by Crippen LogP contribution is -2.14. The smallest absolute Gasteiger partial charge is 0.270 e. The van der Waals surface area contributed by atoms with Gasteiger partial charge in [-0.2, -0.15) is 8.42 Å². The zero-order valence-electron chi connectivity index (χ0n) is 15.0. The topological polar surface area (TPSA) is 43.4 Å². The van der Waals surface area contributed by atoms with Crippen LogP contribution in [0, 0.1) is 0 Å². The van der Waals surface area contributed by atoms with Crippen LogP contribution in [0.15, 0.2) is 35.2 Å². The molecule has 0 radical (unpaired) electrons. The normalized spacial score (nSPS) is 13.5. The number of hydrogen-bond donors (Lipinski definition) is 0. The summed E-state index contributed by atoms with van der Waals surface area (Å²) in [5.41, 5.74) is 2.01. The van der Waals surface area contributed by atoms with Crippen molar-refractivity contribution in [2.24, 2.45) is 0 Å². The maximum absolute atomic E-state index is 12.4. The fourth-order valence-corrected chi connectivity index (χ4v) is 3.44. The van der Waals surface area contributed by atoms with E-state index in [2.05, 4.69) is 53.7 Å². The summed E-state index contributed by atoms with van der Waals surface area (Å²) in [6.07, 6.45) is 0. The molecule has 0 unspecified atom stereocenters. The Labute approximate surface area is 139 Å². The van der Waals surface area contributed by atoms with Gasteiger partial charge >= 0.3 is 0 Å². The highest BCUT2D eigenvalue weighted by Gasteiger charge is 2.23. The predicted octanol–water partition coefficient (Wildman–Crippen LogP) is 4.77. The minimum atomic E-state index is -3.76. The van der Waals surface area contributed by atoms with E-state index in [4.69, 9.17) is 4.18 Å². The third kappa shape index (κ3) is 3.59. The van der Waals surface area contributed by atoms with Gasteiger partial charge in [0.05, 0.1) is 7.11 Å². The summed E-state index contributed by atoms with van der Waals surface area (Å²) in [4.78, 5) is 0.239. The lowest BCUT2D eigenvalue weighted by Gasteiger charge is -2.23. The van der Waals surface area contributed by atoms with Crippen LogP contribution >= 0.6 is 0 Å². The number of benzene rings is 2. The molecule has 0 fully saturated rings. The Bertz CT molecular complexity index is 830. The van der Waals surface area contributed by atoms with Crippen molar-refractivity contribution in [3.8, 4) is 0 Å². The van der Waals surface area contributed by atoms with E-state index in [1.54, 1.807) is 6.07 Å². The van der Waals surface area contributed by atoms with Crippen molar-refractivity contribution in [1.82, 2.24) is 0 Å². The Morgan fingerprint density at radius 1 is 0.826 bits per heavy atom. The molecule has 0 aliphatic carbocycles. The van der Waals surface area contributed by atoms with Crippen LogP contribution in [0.4, 0.5) is 0 Å². The molecule has 0 amide bonds. The Kier molecular flexibility index (Phi) is 4.37. The summed E-state index contributed by atoms with van der Waals surface area (Å²) in [7, 11) is -2.55. The van der Waals surface area contributed by atoms with E-state index in [1.807, 2.05) is 12.1 Å². The number of fused-ring (bicyclic) bond motifs is 1. The summed E-state index contributed by atoms with van der Waals surface area (Å²) in [5.74, 6) is 0. The summed E-state index contributed by atoms with van der Waals surface area (Å²) >= 11 is 0. The molecule has 2 aromatic carbocycles. The van der Waals surface area contributed by atoms with Crippen molar-refractivity contribution in [1.29, 1.82) is 0 Å². The summed E-state index contributed by atoms with van der Waals surface area (Å²) in [6, 6.07) is 9.78. The molecule has 0 heterocycles. The van der Waals surface area contributed by atoms with Crippen LogP contribution in [0.3, 0.4) is 0 Å². The van der Waals surface area contributed by atoms with Crippen molar-refractivity contribution in [2.45, 2.75) is 57.3 Å². The van der Waals surface area contributed by atoms with E-state index < -0.39 is 10.1 Å². The van der Waals surface area contributed by atoms with Gasteiger partial charge < -0.3 is 0 Å². The van der Waals surface area contributed by atoms with E-state index in [1.165, 1.54) is 12.7 Å². The second-order valence-electron chi connectivity index (χ2n) is 8.03. The molecule has 0 N–H and O–H groups in total. The first-order chi connectivity index (χ1) is 10.4. The minimum Gasteiger partial charge on any atom is -0.270 e. The maximum Gasteiger partial charge on any atom is 0.297 e. The van der Waals surface area contributed by atoms with Crippen LogP contribution in [0.1, 0.15) is 52.7 Å². The van der Waals surface area contributed by atoms with Crippen molar-refractivity contribution in [3.05, 3.63) is 41.5 Å². The van der Waals surface area contributed by atoms with Gasteiger partial charge in [0.1, 0.15) is 4.90 Å². The van der Waals surface area contributed by atoms with Crippen molar-refractivity contribution >= 4 is 20.9 Å². The fraction of sp³-hybridized carbons (Fsp3) is 0.474. The van der Waals surface area contributed by atoms with E-state index in [0.717, 1.165) is 10.9 Å². The first-order valence-corrected chi connectivity index (χ1v) is 9.16. The molecular formula is C19H26O3S. The Morgan fingerprint density at radius 2 is 1.35 bits per heavy atom. The summed E-state index contributed by atoms with van der Waals surface area (Å²) in [6.45, 7) is 12.7. The molecule has 0 aliphatic rings. The van der Waals surface area contributed by atoms with E-state index in [-0.39, 0.29) is 15.7 Å². The average molecular weight is 334 g/mol. The standard InChI is InChI=1S/C19H26O3S/c1-18(2,3)14-8-9-16-13(10-14)11-15(19(4,5)6)12-17(16)23(20,21)22-7/h8-12H,1-7H3. The summed E-state index contributed by atoms with van der Waals surface area (Å²) in [5, 5.41) is 1.63. The SMILES string of the molecule is COS(=O)(=O)c1cc(C(C)(C)C)cc2cc(C(C)(C)C)ccc12. The second-order valence-corrected chi connectivity index (χ2v) is 9.71. The van der Waals surface area contributed by atoms with Crippen molar-refractivity contribution < 1.29 is 12.6 Å². The van der Waals surface area contributed by atoms with Gasteiger partial charge in [0, 0.05) is 5.39 Å². The molecular weight excluding hydrogens is 308 g/mol. The molecule has 126 valence electrons. The zero-order chi connectivity index (χ0) is 17.6. The van der Waals surface area contributed by atoms with E-state index >= 15 is 0 Å². The van der Waals surface area contributed by atoms with E-state index in [0.29, 0.717) is 5.39 Å². The van der Waals surface area contributed by atoms with E-state index in [9.17, 15) is 8.42 Å². The molecule has 0 aromatic heterocycles. The Balaban J connectivity index is 2.89. The molecule has 0 bridgehead atoms. The Morgan fingerprint density at radius 3 is 1.83 bits per heavy atom. The molecule has 0 saturated heterocycles. The van der Waals surface area contributed by atoms with Gasteiger partial charge in [-0.25, -0.2) is 0 Å². The molecule has 23 heavy (non-hydrogen) atoms. The monoisotopic (exact) mass is 334 g/mol. The largest absolute Gasteiger partial charge is 0.297 e. The van der Waals surface area contributed by atoms with Crippen LogP contribution in [0.5, 0.6) is 0 Å². The maximum atomic E-state index is 12.4. The molecule has 0 spiro atoms.